The van der Waals surface area contributed by atoms with Gasteiger partial charge in [0, 0.05) is 37.0 Å². The Morgan fingerprint density at radius 2 is 1.22 bits per heavy atom. The van der Waals surface area contributed by atoms with Crippen LogP contribution in [0.1, 0.15) is 55.6 Å². The molecule has 0 bridgehead atoms. The Bertz CT molecular complexity index is 1670. The molecular formula is C35H29F9O2. The van der Waals surface area contributed by atoms with E-state index in [0.29, 0.717) is 18.1 Å². The highest BCUT2D eigenvalue weighted by Gasteiger charge is 2.41. The molecule has 0 radical (unpaired) electrons. The molecule has 0 N–H and O–H groups in total. The summed E-state index contributed by atoms with van der Waals surface area (Å²) in [7, 11) is 1.68. The standard InChI is InChI=1S/C35H29F9O2/c1-45-12-2-3-19-4-6-20(7-5-19)21-8-10-25(27(36)13-21)22-9-11-26(28(37)14-22)23-15-29(38)33(30(39)16-23)35(43,44)46-24-17-31(40)34(42)32(41)18-24/h8-11,13-20H,2-7,12H2,1H3. The van der Waals surface area contributed by atoms with Gasteiger partial charge in [0.05, 0.1) is 0 Å². The monoisotopic (exact) mass is 652 g/mol. The van der Waals surface area contributed by atoms with Gasteiger partial charge in [-0.25, -0.2) is 30.7 Å². The minimum absolute atomic E-state index is 0.0841. The third kappa shape index (κ3) is 7.19. The van der Waals surface area contributed by atoms with E-state index in [1.54, 1.807) is 19.2 Å². The molecule has 244 valence electrons. The summed E-state index contributed by atoms with van der Waals surface area (Å²) in [5.41, 5.74) is -1.61. The highest BCUT2D eigenvalue weighted by Crippen LogP contribution is 2.40. The number of alkyl halides is 2. The SMILES string of the molecule is COCCCC1CCC(c2ccc(-c3ccc(-c4cc(F)c(C(F)(F)Oc5cc(F)c(F)c(F)c5)c(F)c4)c(F)c3)c(F)c2)CC1. The van der Waals surface area contributed by atoms with E-state index in [9.17, 15) is 30.7 Å². The highest BCUT2D eigenvalue weighted by atomic mass is 19.3. The number of hydrogen-bond acceptors (Lipinski definition) is 2. The van der Waals surface area contributed by atoms with Gasteiger partial charge in [-0.2, -0.15) is 8.78 Å². The molecule has 1 fully saturated rings. The molecule has 0 amide bonds. The molecule has 1 aliphatic carbocycles. The maximum Gasteiger partial charge on any atom is 0.432 e. The summed E-state index contributed by atoms with van der Waals surface area (Å²) in [6.07, 6.45) is 1.29. The van der Waals surface area contributed by atoms with Crippen LogP contribution in [-0.2, 0) is 10.8 Å². The van der Waals surface area contributed by atoms with Crippen LogP contribution >= 0.6 is 0 Å². The zero-order valence-corrected chi connectivity index (χ0v) is 24.6. The van der Waals surface area contributed by atoms with E-state index in [4.69, 9.17) is 4.74 Å². The van der Waals surface area contributed by atoms with E-state index >= 15 is 8.78 Å². The molecule has 46 heavy (non-hydrogen) atoms. The van der Waals surface area contributed by atoms with E-state index in [0.717, 1.165) is 62.8 Å². The van der Waals surface area contributed by atoms with Crippen molar-refractivity contribution in [1.29, 1.82) is 0 Å². The summed E-state index contributed by atoms with van der Waals surface area (Å²) in [4.78, 5) is 0. The van der Waals surface area contributed by atoms with Crippen molar-refractivity contribution in [2.75, 3.05) is 13.7 Å². The Labute approximate surface area is 259 Å². The molecule has 11 heteroatoms. The minimum atomic E-state index is -4.79. The van der Waals surface area contributed by atoms with Crippen LogP contribution in [0.25, 0.3) is 22.3 Å². The fourth-order valence-electron chi connectivity index (χ4n) is 6.03. The Balaban J connectivity index is 1.32. The molecule has 5 rings (SSSR count). The van der Waals surface area contributed by atoms with Gasteiger partial charge in [0.2, 0.25) is 0 Å². The van der Waals surface area contributed by atoms with E-state index in [-0.39, 0.29) is 34.7 Å². The molecule has 2 nitrogen and oxygen atoms in total. The van der Waals surface area contributed by atoms with Crippen LogP contribution < -0.4 is 4.74 Å². The molecule has 0 saturated heterocycles. The second-order valence-corrected chi connectivity index (χ2v) is 11.4. The maximum atomic E-state index is 15.2. The molecule has 0 heterocycles. The van der Waals surface area contributed by atoms with Gasteiger partial charge in [-0.15, -0.1) is 0 Å². The normalized spacial score (nSPS) is 16.9. The van der Waals surface area contributed by atoms with Crippen molar-refractivity contribution in [3.63, 3.8) is 0 Å². The second-order valence-electron chi connectivity index (χ2n) is 11.4. The number of benzene rings is 4. The van der Waals surface area contributed by atoms with Crippen LogP contribution in [0.4, 0.5) is 39.5 Å². The number of rotatable bonds is 10. The molecule has 1 saturated carbocycles. The largest absolute Gasteiger partial charge is 0.432 e. The van der Waals surface area contributed by atoms with Gasteiger partial charge in [0.1, 0.15) is 34.6 Å². The summed E-state index contributed by atoms with van der Waals surface area (Å²) in [5, 5.41) is 0. The van der Waals surface area contributed by atoms with E-state index < -0.39 is 63.7 Å². The second kappa shape index (κ2) is 13.8. The first kappa shape index (κ1) is 33.4. The average molecular weight is 653 g/mol. The molecule has 0 aromatic heterocycles. The summed E-state index contributed by atoms with van der Waals surface area (Å²) >= 11 is 0. The van der Waals surface area contributed by atoms with Crippen LogP contribution in [0.5, 0.6) is 5.75 Å². The minimum Gasteiger partial charge on any atom is -0.429 e. The number of halogens is 9. The molecule has 4 aromatic rings. The fourth-order valence-corrected chi connectivity index (χ4v) is 6.03. The lowest BCUT2D eigenvalue weighted by atomic mass is 9.77. The van der Waals surface area contributed by atoms with E-state index in [1.807, 2.05) is 0 Å². The number of ether oxygens (including phenoxy) is 2. The van der Waals surface area contributed by atoms with E-state index in [1.165, 1.54) is 12.1 Å². The van der Waals surface area contributed by atoms with Crippen molar-refractivity contribution in [3.8, 4) is 28.0 Å². The first-order chi connectivity index (χ1) is 21.9. The molecule has 4 aromatic carbocycles. The molecule has 0 atom stereocenters. The third-order valence-corrected chi connectivity index (χ3v) is 8.40. The Morgan fingerprint density at radius 3 is 1.80 bits per heavy atom. The zero-order valence-electron chi connectivity index (χ0n) is 24.6. The molecule has 0 spiro atoms. The van der Waals surface area contributed by atoms with Crippen molar-refractivity contribution in [3.05, 3.63) is 113 Å². The molecule has 1 aliphatic rings. The first-order valence-corrected chi connectivity index (χ1v) is 14.7. The van der Waals surface area contributed by atoms with Gasteiger partial charge in [-0.1, -0.05) is 24.3 Å². The Morgan fingerprint density at radius 1 is 0.652 bits per heavy atom. The van der Waals surface area contributed by atoms with Crippen molar-refractivity contribution in [2.45, 2.75) is 50.6 Å². The topological polar surface area (TPSA) is 18.5 Å². The van der Waals surface area contributed by atoms with Crippen LogP contribution in [0, 0.1) is 46.6 Å². The van der Waals surface area contributed by atoms with Crippen LogP contribution in [0.3, 0.4) is 0 Å². The first-order valence-electron chi connectivity index (χ1n) is 14.7. The van der Waals surface area contributed by atoms with Gasteiger partial charge >= 0.3 is 6.11 Å². The molecular weight excluding hydrogens is 623 g/mol. The quantitative estimate of drug-likeness (QED) is 0.0964. The summed E-state index contributed by atoms with van der Waals surface area (Å²) in [6, 6.07) is 9.27. The Hall–Kier alpha value is -3.99. The van der Waals surface area contributed by atoms with E-state index in [2.05, 4.69) is 4.74 Å². The van der Waals surface area contributed by atoms with Gasteiger partial charge in [0.15, 0.2) is 17.5 Å². The predicted molar refractivity (Wildman–Crippen MR) is 154 cm³/mol. The summed E-state index contributed by atoms with van der Waals surface area (Å²) < 4.78 is 139. The average Bonchev–Trinajstić information content (AvgIpc) is 2.99. The predicted octanol–water partition coefficient (Wildman–Crippen LogP) is 10.8. The summed E-state index contributed by atoms with van der Waals surface area (Å²) in [5.74, 6) is -11.3. The van der Waals surface area contributed by atoms with Crippen molar-refractivity contribution in [1.82, 2.24) is 0 Å². The van der Waals surface area contributed by atoms with Crippen molar-refractivity contribution >= 4 is 0 Å². The van der Waals surface area contributed by atoms with Gasteiger partial charge in [-0.3, -0.25) is 0 Å². The molecule has 0 unspecified atom stereocenters. The van der Waals surface area contributed by atoms with Gasteiger partial charge < -0.3 is 9.47 Å². The fraction of sp³-hybridized carbons (Fsp3) is 0.314. The summed E-state index contributed by atoms with van der Waals surface area (Å²) in [6.45, 7) is 0.733. The van der Waals surface area contributed by atoms with Crippen LogP contribution in [-0.4, -0.2) is 13.7 Å². The van der Waals surface area contributed by atoms with Crippen LogP contribution in [0.15, 0.2) is 60.7 Å². The maximum absolute atomic E-state index is 15.2. The van der Waals surface area contributed by atoms with Crippen molar-refractivity contribution in [2.24, 2.45) is 5.92 Å². The lowest BCUT2D eigenvalue weighted by molar-refractivity contribution is -0.189. The van der Waals surface area contributed by atoms with Crippen molar-refractivity contribution < 1.29 is 49.0 Å². The smallest absolute Gasteiger partial charge is 0.429 e. The Kier molecular flexibility index (Phi) is 10.0. The van der Waals surface area contributed by atoms with Crippen LogP contribution in [0.2, 0.25) is 0 Å². The number of hydrogen-bond donors (Lipinski definition) is 0. The molecule has 0 aliphatic heterocycles. The lowest BCUT2D eigenvalue weighted by Gasteiger charge is -2.29. The zero-order chi connectivity index (χ0) is 33.2. The van der Waals surface area contributed by atoms with Gasteiger partial charge in [-0.05, 0) is 91.3 Å². The highest BCUT2D eigenvalue weighted by molar-refractivity contribution is 5.72. The van der Waals surface area contributed by atoms with Gasteiger partial charge in [0.25, 0.3) is 0 Å². The lowest BCUT2D eigenvalue weighted by Crippen LogP contribution is -2.25. The third-order valence-electron chi connectivity index (χ3n) is 8.40. The number of methoxy groups -OCH3 is 1.